The summed E-state index contributed by atoms with van der Waals surface area (Å²) in [6, 6.07) is 11.7. The van der Waals surface area contributed by atoms with Crippen molar-refractivity contribution in [1.29, 1.82) is 0 Å². The summed E-state index contributed by atoms with van der Waals surface area (Å²) in [7, 11) is 1.73. The number of carbonyl (C=O) groups is 1. The highest BCUT2D eigenvalue weighted by Crippen LogP contribution is 2.22. The Labute approximate surface area is 201 Å². The molecule has 3 aromatic rings. The first-order chi connectivity index (χ1) is 16.3. The van der Waals surface area contributed by atoms with Crippen molar-refractivity contribution in [3.05, 3.63) is 78.0 Å². The van der Waals surface area contributed by atoms with E-state index in [2.05, 4.69) is 58.3 Å². The van der Waals surface area contributed by atoms with E-state index in [-0.39, 0.29) is 17.7 Å². The van der Waals surface area contributed by atoms with Crippen LogP contribution in [0.4, 0.5) is 11.6 Å². The highest BCUT2D eigenvalue weighted by atomic mass is 16.1. The SMILES string of the molecule is CC/C=C(\C=N/C)Nc1ncc(-c2ccc(CC(=O)Nc3ccc(C(C)(C)C)nc3)cc2)cn1. The lowest BCUT2D eigenvalue weighted by atomic mass is 9.92. The summed E-state index contributed by atoms with van der Waals surface area (Å²) in [6.07, 6.45) is 10.2. The molecule has 0 saturated heterocycles. The number of allylic oxidation sites excluding steroid dienone is 2. The first-order valence-corrected chi connectivity index (χ1v) is 11.4. The molecule has 2 heterocycles. The second-order valence-corrected chi connectivity index (χ2v) is 8.98. The number of anilines is 2. The number of nitrogens with zero attached hydrogens (tertiary/aromatic N) is 4. The third kappa shape index (κ3) is 7.07. The summed E-state index contributed by atoms with van der Waals surface area (Å²) in [6.45, 7) is 8.39. The molecule has 0 bridgehead atoms. The molecule has 0 aliphatic rings. The molecule has 2 N–H and O–H groups in total. The number of pyridine rings is 1. The Bertz CT molecular complexity index is 1140. The van der Waals surface area contributed by atoms with Crippen LogP contribution in [0, 0.1) is 0 Å². The Morgan fingerprint density at radius 3 is 2.21 bits per heavy atom. The van der Waals surface area contributed by atoms with Gasteiger partial charge in [0, 0.05) is 42.3 Å². The fraction of sp³-hybridized carbons (Fsp3) is 0.296. The van der Waals surface area contributed by atoms with E-state index in [0.717, 1.165) is 34.5 Å². The number of carbonyl (C=O) groups excluding carboxylic acids is 1. The van der Waals surface area contributed by atoms with E-state index in [4.69, 9.17) is 0 Å². The quantitative estimate of drug-likeness (QED) is 0.441. The number of aliphatic imine (C=N–C) groups is 1. The van der Waals surface area contributed by atoms with Crippen LogP contribution in [0.25, 0.3) is 11.1 Å². The average Bonchev–Trinajstić information content (AvgIpc) is 2.80. The molecule has 0 radical (unpaired) electrons. The molecule has 0 atom stereocenters. The molecule has 176 valence electrons. The molecule has 0 aliphatic heterocycles. The molecule has 7 nitrogen and oxygen atoms in total. The van der Waals surface area contributed by atoms with Gasteiger partial charge in [0.15, 0.2) is 0 Å². The zero-order valence-electron chi connectivity index (χ0n) is 20.5. The van der Waals surface area contributed by atoms with Crippen LogP contribution in [0.2, 0.25) is 0 Å². The fourth-order valence-corrected chi connectivity index (χ4v) is 3.28. The Balaban J connectivity index is 1.59. The molecule has 0 aliphatic carbocycles. The first kappa shape index (κ1) is 24.8. The molecule has 2 aromatic heterocycles. The molecule has 1 amide bonds. The summed E-state index contributed by atoms with van der Waals surface area (Å²) in [4.78, 5) is 29.8. The van der Waals surface area contributed by atoms with E-state index in [0.29, 0.717) is 11.6 Å². The van der Waals surface area contributed by atoms with Crippen molar-refractivity contribution >= 4 is 23.8 Å². The predicted octanol–water partition coefficient (Wildman–Crippen LogP) is 5.42. The average molecular weight is 457 g/mol. The Hall–Kier alpha value is -3.87. The maximum absolute atomic E-state index is 12.5. The van der Waals surface area contributed by atoms with Crippen molar-refractivity contribution < 1.29 is 4.79 Å². The summed E-state index contributed by atoms with van der Waals surface area (Å²) in [5.74, 6) is 0.435. The lowest BCUT2D eigenvalue weighted by Crippen LogP contribution is -2.16. The van der Waals surface area contributed by atoms with Crippen LogP contribution in [-0.4, -0.2) is 34.1 Å². The van der Waals surface area contributed by atoms with Gasteiger partial charge in [0.25, 0.3) is 0 Å². The standard InChI is InChI=1S/C27H32N6O/c1-6-7-22(17-28-5)33-26-30-15-21(16-31-26)20-10-8-19(9-11-20)14-25(34)32-23-12-13-24(29-18-23)27(2,3)4/h7-13,15-18H,6,14H2,1-5H3,(H,32,34)(H,30,31,33)/b22-7+,28-17-. The molecule has 7 heteroatoms. The summed E-state index contributed by atoms with van der Waals surface area (Å²) in [5, 5.41) is 6.07. The van der Waals surface area contributed by atoms with Gasteiger partial charge in [-0.25, -0.2) is 9.97 Å². The van der Waals surface area contributed by atoms with E-state index in [1.165, 1.54) is 0 Å². The minimum Gasteiger partial charge on any atom is -0.324 e. The van der Waals surface area contributed by atoms with Crippen molar-refractivity contribution in [2.75, 3.05) is 17.7 Å². The van der Waals surface area contributed by atoms with Gasteiger partial charge < -0.3 is 10.6 Å². The number of aromatic nitrogens is 3. The first-order valence-electron chi connectivity index (χ1n) is 11.4. The van der Waals surface area contributed by atoms with Gasteiger partial charge in [0.1, 0.15) is 0 Å². The van der Waals surface area contributed by atoms with E-state index >= 15 is 0 Å². The molecule has 0 fully saturated rings. The predicted molar refractivity (Wildman–Crippen MR) is 139 cm³/mol. The van der Waals surface area contributed by atoms with Crippen LogP contribution < -0.4 is 10.6 Å². The van der Waals surface area contributed by atoms with Crippen LogP contribution in [0.1, 0.15) is 45.4 Å². The summed E-state index contributed by atoms with van der Waals surface area (Å²) < 4.78 is 0. The van der Waals surface area contributed by atoms with Crippen LogP contribution in [0.5, 0.6) is 0 Å². The third-order valence-electron chi connectivity index (χ3n) is 5.07. The minimum atomic E-state index is -0.0802. The molecule has 0 spiro atoms. The fourth-order valence-electron chi connectivity index (χ4n) is 3.28. The highest BCUT2D eigenvalue weighted by Gasteiger charge is 2.15. The van der Waals surface area contributed by atoms with Crippen molar-refractivity contribution in [2.45, 2.75) is 46.0 Å². The minimum absolute atomic E-state index is 0.0227. The van der Waals surface area contributed by atoms with Gasteiger partial charge in [-0.3, -0.25) is 14.8 Å². The van der Waals surface area contributed by atoms with Crippen molar-refractivity contribution in [3.8, 4) is 11.1 Å². The highest BCUT2D eigenvalue weighted by molar-refractivity contribution is 5.92. The second kappa shape index (κ2) is 11.3. The Kier molecular flexibility index (Phi) is 8.24. The maximum atomic E-state index is 12.5. The van der Waals surface area contributed by atoms with Crippen LogP contribution in [-0.2, 0) is 16.6 Å². The normalized spacial score (nSPS) is 12.1. The molecule has 1 aromatic carbocycles. The largest absolute Gasteiger partial charge is 0.324 e. The molecule has 34 heavy (non-hydrogen) atoms. The number of amides is 1. The number of nitrogens with one attached hydrogen (secondary N) is 2. The van der Waals surface area contributed by atoms with Crippen molar-refractivity contribution in [1.82, 2.24) is 15.0 Å². The van der Waals surface area contributed by atoms with Crippen LogP contribution in [0.3, 0.4) is 0 Å². The van der Waals surface area contributed by atoms with Gasteiger partial charge >= 0.3 is 0 Å². The summed E-state index contributed by atoms with van der Waals surface area (Å²) >= 11 is 0. The van der Waals surface area contributed by atoms with Crippen molar-refractivity contribution in [3.63, 3.8) is 0 Å². The molecule has 0 saturated carbocycles. The Morgan fingerprint density at radius 2 is 1.65 bits per heavy atom. The van der Waals surface area contributed by atoms with Gasteiger partial charge in [-0.1, -0.05) is 58.0 Å². The van der Waals surface area contributed by atoms with Gasteiger partial charge in [0.05, 0.1) is 24.0 Å². The zero-order valence-corrected chi connectivity index (χ0v) is 20.5. The summed E-state index contributed by atoms with van der Waals surface area (Å²) in [5.41, 5.74) is 5.33. The van der Waals surface area contributed by atoms with E-state index in [1.54, 1.807) is 31.9 Å². The number of benzene rings is 1. The second-order valence-electron chi connectivity index (χ2n) is 8.98. The van der Waals surface area contributed by atoms with Gasteiger partial charge in [-0.2, -0.15) is 0 Å². The van der Waals surface area contributed by atoms with Gasteiger partial charge in [-0.05, 0) is 29.7 Å². The molecule has 3 rings (SSSR count). The van der Waals surface area contributed by atoms with Gasteiger partial charge in [0.2, 0.25) is 11.9 Å². The van der Waals surface area contributed by atoms with Crippen molar-refractivity contribution in [2.24, 2.45) is 4.99 Å². The number of hydrogen-bond donors (Lipinski definition) is 2. The van der Waals surface area contributed by atoms with E-state index in [9.17, 15) is 4.79 Å². The van der Waals surface area contributed by atoms with E-state index in [1.807, 2.05) is 42.5 Å². The monoisotopic (exact) mass is 456 g/mol. The molecular weight excluding hydrogens is 424 g/mol. The zero-order chi connectivity index (χ0) is 24.6. The maximum Gasteiger partial charge on any atom is 0.228 e. The number of hydrogen-bond acceptors (Lipinski definition) is 6. The third-order valence-corrected chi connectivity index (χ3v) is 5.07. The number of rotatable bonds is 8. The topological polar surface area (TPSA) is 92.2 Å². The van der Waals surface area contributed by atoms with Crippen LogP contribution in [0.15, 0.2) is 71.8 Å². The lowest BCUT2D eigenvalue weighted by molar-refractivity contribution is -0.115. The Morgan fingerprint density at radius 1 is 0.941 bits per heavy atom. The lowest BCUT2D eigenvalue weighted by Gasteiger charge is -2.17. The van der Waals surface area contributed by atoms with E-state index < -0.39 is 0 Å². The smallest absolute Gasteiger partial charge is 0.228 e. The molecular formula is C27H32N6O. The van der Waals surface area contributed by atoms with Gasteiger partial charge in [-0.15, -0.1) is 0 Å². The molecule has 0 unspecified atom stereocenters. The van der Waals surface area contributed by atoms with Crippen LogP contribution >= 0.6 is 0 Å².